The molecule has 2 N–H and O–H groups in total. The van der Waals surface area contributed by atoms with E-state index < -0.39 is 28.4 Å². The van der Waals surface area contributed by atoms with E-state index in [0.717, 1.165) is 31.9 Å². The number of piperidine rings is 1. The summed E-state index contributed by atoms with van der Waals surface area (Å²) >= 11 is 0. The summed E-state index contributed by atoms with van der Waals surface area (Å²) in [5.74, 6) is 2.66. The second-order valence-electron chi connectivity index (χ2n) is 13.2. The van der Waals surface area contributed by atoms with Gasteiger partial charge in [0.25, 0.3) is 0 Å². The highest BCUT2D eigenvalue weighted by molar-refractivity contribution is 6.04. The third-order valence-corrected chi connectivity index (χ3v) is 9.83. The summed E-state index contributed by atoms with van der Waals surface area (Å²) in [4.78, 5) is 13.5. The predicted octanol–water partition coefficient (Wildman–Crippen LogP) is 5.46. The number of halogens is 3. The predicted molar refractivity (Wildman–Crippen MR) is 172 cm³/mol. The second-order valence-corrected chi connectivity index (χ2v) is 13.2. The zero-order chi connectivity index (χ0) is 32.3. The Morgan fingerprint density at radius 1 is 1.07 bits per heavy atom. The van der Waals surface area contributed by atoms with Crippen LogP contribution in [0.1, 0.15) is 31.7 Å². The molecule has 4 atom stereocenters. The largest absolute Gasteiger partial charge is 0.508 e. The summed E-state index contributed by atoms with van der Waals surface area (Å²) in [6.45, 7) is 5.05. The summed E-state index contributed by atoms with van der Waals surface area (Å²) in [5.41, 5.74) is -1.30. The number of terminal acetylenes is 2. The number of ether oxygens (including phenoxy) is 1. The van der Waals surface area contributed by atoms with Crippen LogP contribution >= 0.6 is 0 Å². The summed E-state index contributed by atoms with van der Waals surface area (Å²) in [5, 5.41) is 14.7. The summed E-state index contributed by atoms with van der Waals surface area (Å²) in [7, 11) is 2.03. The molecule has 0 spiro atoms. The van der Waals surface area contributed by atoms with Crippen LogP contribution in [-0.2, 0) is 0 Å². The number of hydrogen-bond donors (Lipinski definition) is 2. The Bertz CT molecular complexity index is 1960. The standard InChI is InChI=1S/C36H34F3N5O2/c1-5-21-11-12-43(4)18-36(21,3)19-46-35-41-33-27(34(42-35)44-16-22-8-9-23(17-44)40-22)15-29(38)31(32(33)39)26-14-24(45)13-20-7-10-28(37)25(6-2)30(20)26/h1-2,7,10,13-15,21-23,40,45H,8-9,11-12,16-19H2,3-4H3/t21-,22-,23+,36+/m1/s1. The Morgan fingerprint density at radius 2 is 1.83 bits per heavy atom. The minimum absolute atomic E-state index is 0.0327. The number of fused-ring (bicyclic) bond motifs is 4. The van der Waals surface area contributed by atoms with Crippen LogP contribution in [0.5, 0.6) is 11.8 Å². The Hall–Kier alpha value is -4.51. The van der Waals surface area contributed by atoms with Gasteiger partial charge in [-0.3, -0.25) is 0 Å². The molecule has 3 saturated heterocycles. The molecule has 0 saturated carbocycles. The molecule has 7 nitrogen and oxygen atoms in total. The van der Waals surface area contributed by atoms with Crippen molar-refractivity contribution in [3.05, 3.63) is 53.3 Å². The van der Waals surface area contributed by atoms with Crippen molar-refractivity contribution >= 4 is 27.5 Å². The number of piperazine rings is 1. The maximum absolute atomic E-state index is 16.9. The minimum Gasteiger partial charge on any atom is -0.508 e. The van der Waals surface area contributed by atoms with E-state index in [9.17, 15) is 9.50 Å². The fraction of sp³-hybridized carbons (Fsp3) is 0.389. The Labute approximate surface area is 265 Å². The molecule has 0 unspecified atom stereocenters. The first-order chi connectivity index (χ1) is 22.1. The fourth-order valence-corrected chi connectivity index (χ4v) is 7.61. The Morgan fingerprint density at radius 3 is 2.54 bits per heavy atom. The third-order valence-electron chi connectivity index (χ3n) is 9.83. The topological polar surface area (TPSA) is 73.8 Å². The molecule has 46 heavy (non-hydrogen) atoms. The lowest BCUT2D eigenvalue weighted by Crippen LogP contribution is -2.51. The van der Waals surface area contributed by atoms with Gasteiger partial charge in [0.15, 0.2) is 5.82 Å². The molecule has 3 aliphatic heterocycles. The van der Waals surface area contributed by atoms with Crippen molar-refractivity contribution in [2.75, 3.05) is 44.7 Å². The summed E-state index contributed by atoms with van der Waals surface area (Å²) in [6, 6.07) is 6.73. The van der Waals surface area contributed by atoms with E-state index in [-0.39, 0.29) is 63.8 Å². The number of nitrogens with zero attached hydrogens (tertiary/aromatic N) is 4. The maximum Gasteiger partial charge on any atom is 0.319 e. The third kappa shape index (κ3) is 5.06. The average Bonchev–Trinajstić information content (AvgIpc) is 3.37. The van der Waals surface area contributed by atoms with E-state index >= 15 is 8.78 Å². The number of nitrogens with one attached hydrogen (secondary N) is 1. The quantitative estimate of drug-likeness (QED) is 0.285. The molecule has 4 heterocycles. The van der Waals surface area contributed by atoms with E-state index in [1.165, 1.54) is 24.3 Å². The number of likely N-dealkylation sites (tertiary alicyclic amines) is 1. The van der Waals surface area contributed by atoms with Gasteiger partial charge in [-0.15, -0.1) is 18.8 Å². The molecule has 0 amide bonds. The average molecular weight is 626 g/mol. The van der Waals surface area contributed by atoms with E-state index in [4.69, 9.17) is 22.6 Å². The highest BCUT2D eigenvalue weighted by Gasteiger charge is 2.39. The van der Waals surface area contributed by atoms with E-state index in [1.807, 2.05) is 11.9 Å². The van der Waals surface area contributed by atoms with Gasteiger partial charge in [0.05, 0.1) is 17.7 Å². The lowest BCUT2D eigenvalue weighted by molar-refractivity contribution is 0.0353. The molecule has 0 aliphatic carbocycles. The SMILES string of the molecule is C#Cc1c(F)ccc2cc(O)cc(-c3c(F)cc4c(N5C[C@H]6CC[C@@H](C5)N6)nc(OC[C@]5(C)CN(C)CC[C@H]5C#C)nc4c3F)c12. The molecule has 4 aromatic rings. The van der Waals surface area contributed by atoms with E-state index in [1.54, 1.807) is 0 Å². The number of rotatable bonds is 5. The van der Waals surface area contributed by atoms with E-state index in [2.05, 4.69) is 34.0 Å². The van der Waals surface area contributed by atoms with Crippen LogP contribution in [0.25, 0.3) is 32.8 Å². The number of aromatic hydroxyl groups is 1. The van der Waals surface area contributed by atoms with E-state index in [0.29, 0.717) is 30.8 Å². The first-order valence-electron chi connectivity index (χ1n) is 15.5. The zero-order valence-corrected chi connectivity index (χ0v) is 25.7. The molecule has 2 bridgehead atoms. The maximum atomic E-state index is 16.9. The number of anilines is 1. The molecule has 3 aliphatic rings. The minimum atomic E-state index is -0.995. The van der Waals surface area contributed by atoms with Crippen molar-refractivity contribution in [2.24, 2.45) is 11.3 Å². The van der Waals surface area contributed by atoms with Crippen molar-refractivity contribution in [2.45, 2.75) is 38.3 Å². The van der Waals surface area contributed by atoms with Gasteiger partial charge in [-0.2, -0.15) is 9.97 Å². The molecule has 1 aromatic heterocycles. The van der Waals surface area contributed by atoms with Gasteiger partial charge in [-0.1, -0.05) is 18.9 Å². The number of phenols is 1. The summed E-state index contributed by atoms with van der Waals surface area (Å²) in [6.07, 6.45) is 14.4. The van der Waals surface area contributed by atoms with Crippen LogP contribution in [0, 0.1) is 53.5 Å². The molecule has 236 valence electrons. The van der Waals surface area contributed by atoms with Crippen molar-refractivity contribution in [3.8, 4) is 47.6 Å². The fourth-order valence-electron chi connectivity index (χ4n) is 7.61. The Balaban J connectivity index is 1.41. The number of phenolic OH excluding ortho intramolecular Hbond substituents is 1. The number of hydrogen-bond acceptors (Lipinski definition) is 7. The normalized spacial score (nSPS) is 24.7. The Kier molecular flexibility index (Phi) is 7.46. The zero-order valence-electron chi connectivity index (χ0n) is 25.7. The van der Waals surface area contributed by atoms with Gasteiger partial charge in [-0.05, 0) is 62.5 Å². The van der Waals surface area contributed by atoms with Crippen LogP contribution in [0.2, 0.25) is 0 Å². The lowest BCUT2D eigenvalue weighted by Gasteiger charge is -2.42. The number of benzene rings is 3. The van der Waals surface area contributed by atoms with Crippen LogP contribution in [0.15, 0.2) is 30.3 Å². The van der Waals surface area contributed by atoms with Crippen molar-refractivity contribution in [3.63, 3.8) is 0 Å². The van der Waals surface area contributed by atoms with Crippen LogP contribution in [0.4, 0.5) is 19.0 Å². The summed E-state index contributed by atoms with van der Waals surface area (Å²) < 4.78 is 54.2. The van der Waals surface area contributed by atoms with Crippen molar-refractivity contribution in [1.29, 1.82) is 0 Å². The van der Waals surface area contributed by atoms with Gasteiger partial charge in [0, 0.05) is 59.4 Å². The van der Waals surface area contributed by atoms with Gasteiger partial charge in [0.2, 0.25) is 0 Å². The number of aromatic nitrogens is 2. The van der Waals surface area contributed by atoms with Crippen molar-refractivity contribution < 1.29 is 23.0 Å². The highest BCUT2D eigenvalue weighted by Crippen LogP contribution is 2.42. The molecule has 3 aromatic carbocycles. The van der Waals surface area contributed by atoms with Crippen LogP contribution < -0.4 is 15.0 Å². The molecule has 7 rings (SSSR count). The first-order valence-corrected chi connectivity index (χ1v) is 15.5. The second kappa shape index (κ2) is 11.4. The smallest absolute Gasteiger partial charge is 0.319 e. The monoisotopic (exact) mass is 625 g/mol. The van der Waals surface area contributed by atoms with Crippen LogP contribution in [-0.4, -0.2) is 71.9 Å². The van der Waals surface area contributed by atoms with Gasteiger partial charge < -0.3 is 25.0 Å². The van der Waals surface area contributed by atoms with Gasteiger partial charge in [-0.25, -0.2) is 13.2 Å². The molecular weight excluding hydrogens is 591 g/mol. The first kappa shape index (κ1) is 30.2. The molecule has 10 heteroatoms. The molecular formula is C36H34F3N5O2. The van der Waals surface area contributed by atoms with Gasteiger partial charge in [0.1, 0.15) is 28.7 Å². The van der Waals surface area contributed by atoms with Crippen LogP contribution in [0.3, 0.4) is 0 Å². The molecule has 0 radical (unpaired) electrons. The van der Waals surface area contributed by atoms with Gasteiger partial charge >= 0.3 is 6.01 Å². The van der Waals surface area contributed by atoms with Crippen molar-refractivity contribution in [1.82, 2.24) is 20.2 Å². The molecule has 3 fully saturated rings. The lowest BCUT2D eigenvalue weighted by atomic mass is 9.73. The highest BCUT2D eigenvalue weighted by atomic mass is 19.1.